The smallest absolute Gasteiger partial charge is 0.243 e. The summed E-state index contributed by atoms with van der Waals surface area (Å²) >= 11 is 1.76. The molecule has 2 atom stereocenters. The third-order valence-corrected chi connectivity index (χ3v) is 5.65. The lowest BCUT2D eigenvalue weighted by molar-refractivity contribution is -0.139. The molecule has 5 heteroatoms. The van der Waals surface area contributed by atoms with Crippen molar-refractivity contribution < 1.29 is 9.59 Å². The molecule has 4 nitrogen and oxygen atoms in total. The van der Waals surface area contributed by atoms with Crippen molar-refractivity contribution in [1.29, 1.82) is 0 Å². The molecule has 1 aliphatic carbocycles. The van der Waals surface area contributed by atoms with Gasteiger partial charge >= 0.3 is 0 Å². The first-order valence-corrected chi connectivity index (χ1v) is 8.97. The Labute approximate surface area is 135 Å². The van der Waals surface area contributed by atoms with Crippen molar-refractivity contribution in [3.63, 3.8) is 0 Å². The van der Waals surface area contributed by atoms with Gasteiger partial charge < -0.3 is 10.2 Å². The summed E-state index contributed by atoms with van der Waals surface area (Å²) in [6.07, 6.45) is 3.71. The molecule has 0 spiro atoms. The highest BCUT2D eigenvalue weighted by Crippen LogP contribution is 2.34. The quantitative estimate of drug-likeness (QED) is 0.927. The second kappa shape index (κ2) is 6.03. The Morgan fingerprint density at radius 2 is 2.05 bits per heavy atom. The number of amides is 2. The Kier molecular flexibility index (Phi) is 4.26. The number of hydrogen-bond donors (Lipinski definition) is 1. The van der Waals surface area contributed by atoms with Gasteiger partial charge in [-0.2, -0.15) is 0 Å². The third-order valence-electron chi connectivity index (χ3n) is 4.67. The fourth-order valence-electron chi connectivity index (χ4n) is 3.34. The lowest BCUT2D eigenvalue weighted by atomic mass is 10.1. The maximum Gasteiger partial charge on any atom is 0.243 e. The molecule has 0 bridgehead atoms. The second-order valence-corrected chi connectivity index (χ2v) is 8.02. The van der Waals surface area contributed by atoms with Crippen LogP contribution in [0.1, 0.15) is 54.0 Å². The lowest BCUT2D eigenvalue weighted by Crippen LogP contribution is -2.47. The van der Waals surface area contributed by atoms with Crippen LogP contribution in [0.4, 0.5) is 0 Å². The van der Waals surface area contributed by atoms with Crippen molar-refractivity contribution in [1.82, 2.24) is 10.2 Å². The second-order valence-electron chi connectivity index (χ2n) is 6.56. The molecule has 0 unspecified atom stereocenters. The van der Waals surface area contributed by atoms with Gasteiger partial charge in [-0.05, 0) is 58.1 Å². The first kappa shape index (κ1) is 15.5. The molecule has 2 amide bonds. The van der Waals surface area contributed by atoms with Gasteiger partial charge in [-0.1, -0.05) is 0 Å². The van der Waals surface area contributed by atoms with E-state index in [1.165, 1.54) is 15.3 Å². The number of carbonyl (C=O) groups is 2. The molecule has 1 aliphatic heterocycles. The fourth-order valence-corrected chi connectivity index (χ4v) is 4.36. The maximum atomic E-state index is 12.6. The summed E-state index contributed by atoms with van der Waals surface area (Å²) in [6, 6.07) is 1.87. The summed E-state index contributed by atoms with van der Waals surface area (Å²) in [5.41, 5.74) is 1.19. The molecular weight excluding hydrogens is 296 g/mol. The minimum Gasteiger partial charge on any atom is -0.348 e. The van der Waals surface area contributed by atoms with Crippen LogP contribution in [-0.4, -0.2) is 29.3 Å². The van der Waals surface area contributed by atoms with Crippen LogP contribution in [0, 0.1) is 19.8 Å². The Morgan fingerprint density at radius 3 is 2.64 bits per heavy atom. The van der Waals surface area contributed by atoms with Gasteiger partial charge in [0.1, 0.15) is 6.04 Å². The van der Waals surface area contributed by atoms with E-state index in [2.05, 4.69) is 25.2 Å². The summed E-state index contributed by atoms with van der Waals surface area (Å²) in [5.74, 6) is 0.378. The molecular formula is C17H24N2O2S. The molecule has 1 N–H and O–H groups in total. The van der Waals surface area contributed by atoms with Crippen molar-refractivity contribution >= 4 is 23.2 Å². The van der Waals surface area contributed by atoms with E-state index >= 15 is 0 Å². The maximum absolute atomic E-state index is 12.6. The molecule has 120 valence electrons. The van der Waals surface area contributed by atoms with Gasteiger partial charge in [0.2, 0.25) is 11.8 Å². The highest BCUT2D eigenvalue weighted by molar-refractivity contribution is 7.12. The van der Waals surface area contributed by atoms with Crippen molar-refractivity contribution in [2.24, 2.45) is 5.92 Å². The standard InChI is InChI=1S/C17H24N2O2S/c1-10-9-14(12(3)22-10)11(2)18-16(20)15-5-4-8-19(15)17(21)13-6-7-13/h9,11,13,15H,4-8H2,1-3H3,(H,18,20)/t11-,15-/m0/s1. The Hall–Kier alpha value is -1.36. The molecule has 1 aromatic rings. The summed E-state index contributed by atoms with van der Waals surface area (Å²) < 4.78 is 0. The van der Waals surface area contributed by atoms with Crippen LogP contribution in [0.15, 0.2) is 6.07 Å². The van der Waals surface area contributed by atoms with E-state index in [-0.39, 0.29) is 29.8 Å². The Bertz CT molecular complexity index is 591. The third kappa shape index (κ3) is 3.05. The number of hydrogen-bond acceptors (Lipinski definition) is 3. The summed E-state index contributed by atoms with van der Waals surface area (Å²) in [5, 5.41) is 3.11. The van der Waals surface area contributed by atoms with Gasteiger partial charge in [-0.15, -0.1) is 11.3 Å². The number of thiophene rings is 1. The SMILES string of the molecule is Cc1cc([C@H](C)NC(=O)[C@@H]2CCCN2C(=O)C2CC2)c(C)s1. The van der Waals surface area contributed by atoms with Crippen molar-refractivity contribution in [3.8, 4) is 0 Å². The van der Waals surface area contributed by atoms with E-state index < -0.39 is 0 Å². The van der Waals surface area contributed by atoms with Crippen LogP contribution < -0.4 is 5.32 Å². The van der Waals surface area contributed by atoms with Gasteiger partial charge in [0.15, 0.2) is 0 Å². The van der Waals surface area contributed by atoms with E-state index in [4.69, 9.17) is 0 Å². The van der Waals surface area contributed by atoms with Crippen molar-refractivity contribution in [2.75, 3.05) is 6.54 Å². The fraction of sp³-hybridized carbons (Fsp3) is 0.647. The Morgan fingerprint density at radius 1 is 1.32 bits per heavy atom. The van der Waals surface area contributed by atoms with E-state index in [0.717, 1.165) is 32.2 Å². The zero-order valence-electron chi connectivity index (χ0n) is 13.5. The van der Waals surface area contributed by atoms with E-state index in [1.54, 1.807) is 11.3 Å². The summed E-state index contributed by atoms with van der Waals surface area (Å²) in [7, 11) is 0. The number of carbonyl (C=O) groups excluding carboxylic acids is 2. The summed E-state index contributed by atoms with van der Waals surface area (Å²) in [4.78, 5) is 29.2. The minimum atomic E-state index is -0.268. The first-order chi connectivity index (χ1) is 10.5. The molecule has 0 aromatic carbocycles. The zero-order valence-corrected chi connectivity index (χ0v) is 14.3. The molecule has 22 heavy (non-hydrogen) atoms. The van der Waals surface area contributed by atoms with Crippen LogP contribution in [-0.2, 0) is 9.59 Å². The molecule has 2 fully saturated rings. The molecule has 2 aliphatic rings. The van der Waals surface area contributed by atoms with Gasteiger partial charge in [0.25, 0.3) is 0 Å². The highest BCUT2D eigenvalue weighted by atomic mass is 32.1. The average molecular weight is 320 g/mol. The van der Waals surface area contributed by atoms with Crippen LogP contribution in [0.2, 0.25) is 0 Å². The number of nitrogens with zero attached hydrogens (tertiary/aromatic N) is 1. The van der Waals surface area contributed by atoms with E-state index in [9.17, 15) is 9.59 Å². The van der Waals surface area contributed by atoms with Crippen molar-refractivity contribution in [2.45, 2.75) is 58.5 Å². The van der Waals surface area contributed by atoms with Gasteiger partial charge in [0.05, 0.1) is 6.04 Å². The lowest BCUT2D eigenvalue weighted by Gasteiger charge is -2.25. The Balaban J connectivity index is 1.65. The molecule has 2 heterocycles. The minimum absolute atomic E-state index is 0.00209. The largest absolute Gasteiger partial charge is 0.348 e. The van der Waals surface area contributed by atoms with Crippen molar-refractivity contribution in [3.05, 3.63) is 21.4 Å². The van der Waals surface area contributed by atoms with Crippen LogP contribution in [0.3, 0.4) is 0 Å². The number of rotatable bonds is 4. The number of likely N-dealkylation sites (tertiary alicyclic amines) is 1. The predicted molar refractivity (Wildman–Crippen MR) is 87.8 cm³/mol. The molecule has 3 rings (SSSR count). The van der Waals surface area contributed by atoms with Gasteiger partial charge in [0, 0.05) is 22.2 Å². The van der Waals surface area contributed by atoms with E-state index in [0.29, 0.717) is 0 Å². The van der Waals surface area contributed by atoms with Crippen LogP contribution in [0.5, 0.6) is 0 Å². The predicted octanol–water partition coefficient (Wildman–Crippen LogP) is 2.94. The van der Waals surface area contributed by atoms with Crippen LogP contribution >= 0.6 is 11.3 Å². The molecule has 0 radical (unpaired) electrons. The monoisotopic (exact) mass is 320 g/mol. The number of aryl methyl sites for hydroxylation is 2. The van der Waals surface area contributed by atoms with Gasteiger partial charge in [-0.3, -0.25) is 9.59 Å². The topological polar surface area (TPSA) is 49.4 Å². The van der Waals surface area contributed by atoms with Crippen LogP contribution in [0.25, 0.3) is 0 Å². The average Bonchev–Trinajstić information content (AvgIpc) is 3.09. The molecule has 1 aromatic heterocycles. The number of nitrogens with one attached hydrogen (secondary N) is 1. The van der Waals surface area contributed by atoms with Gasteiger partial charge in [-0.25, -0.2) is 0 Å². The normalized spacial score (nSPS) is 22.7. The zero-order chi connectivity index (χ0) is 15.9. The molecule has 1 saturated carbocycles. The first-order valence-electron chi connectivity index (χ1n) is 8.15. The highest BCUT2D eigenvalue weighted by Gasteiger charge is 2.41. The summed E-state index contributed by atoms with van der Waals surface area (Å²) in [6.45, 7) is 6.93. The van der Waals surface area contributed by atoms with E-state index in [1.807, 2.05) is 11.8 Å². The molecule has 1 saturated heterocycles.